The second-order valence-electron chi connectivity index (χ2n) is 7.87. The van der Waals surface area contributed by atoms with E-state index in [1.165, 1.54) is 0 Å². The standard InChI is InChI=1S/C25H28N6O2/c1-17-15-19(7-10-21(17)25(32)30(2)13-4-11-26)29-23-24-28-16-22(31(24)14-12-27-23)18-5-8-20(33-3)9-6-18/h5-10,12,14-16H,4,11,13,26H2,1-3H3,(H,27,29). The number of benzene rings is 2. The lowest BCUT2D eigenvalue weighted by molar-refractivity contribution is 0.0793. The van der Waals surface area contributed by atoms with Crippen LogP contribution in [0.4, 0.5) is 11.5 Å². The number of rotatable bonds is 8. The minimum absolute atomic E-state index is 0.00915. The van der Waals surface area contributed by atoms with Crippen LogP contribution in [0.2, 0.25) is 0 Å². The molecular weight excluding hydrogens is 416 g/mol. The smallest absolute Gasteiger partial charge is 0.253 e. The molecule has 3 N–H and O–H groups in total. The monoisotopic (exact) mass is 444 g/mol. The van der Waals surface area contributed by atoms with E-state index in [1.807, 2.05) is 66.2 Å². The first kappa shape index (κ1) is 22.3. The highest BCUT2D eigenvalue weighted by Crippen LogP contribution is 2.27. The van der Waals surface area contributed by atoms with Crippen LogP contribution in [0.3, 0.4) is 0 Å². The molecular formula is C25H28N6O2. The van der Waals surface area contributed by atoms with Gasteiger partial charge in [0.15, 0.2) is 11.5 Å². The Kier molecular flexibility index (Phi) is 6.55. The zero-order chi connectivity index (χ0) is 23.4. The van der Waals surface area contributed by atoms with E-state index in [0.29, 0.717) is 30.1 Å². The van der Waals surface area contributed by atoms with Crippen molar-refractivity contribution in [3.05, 3.63) is 72.2 Å². The number of hydrogen-bond acceptors (Lipinski definition) is 6. The van der Waals surface area contributed by atoms with Crippen LogP contribution < -0.4 is 15.8 Å². The third-order valence-electron chi connectivity index (χ3n) is 5.58. The van der Waals surface area contributed by atoms with Crippen molar-refractivity contribution in [1.82, 2.24) is 19.3 Å². The average Bonchev–Trinajstić information content (AvgIpc) is 3.27. The molecule has 0 bridgehead atoms. The Morgan fingerprint density at radius 3 is 2.67 bits per heavy atom. The van der Waals surface area contributed by atoms with Crippen molar-refractivity contribution < 1.29 is 9.53 Å². The summed E-state index contributed by atoms with van der Waals surface area (Å²) in [7, 11) is 3.45. The van der Waals surface area contributed by atoms with Gasteiger partial charge in [-0.05, 0) is 67.9 Å². The lowest BCUT2D eigenvalue weighted by Crippen LogP contribution is -2.29. The summed E-state index contributed by atoms with van der Waals surface area (Å²) >= 11 is 0. The normalized spacial score (nSPS) is 10.9. The molecule has 2 heterocycles. The van der Waals surface area contributed by atoms with E-state index in [-0.39, 0.29) is 5.91 Å². The number of aromatic nitrogens is 3. The van der Waals surface area contributed by atoms with Crippen LogP contribution in [0.25, 0.3) is 16.9 Å². The number of fused-ring (bicyclic) bond motifs is 1. The summed E-state index contributed by atoms with van der Waals surface area (Å²) in [6, 6.07) is 13.5. The first-order valence-electron chi connectivity index (χ1n) is 10.8. The lowest BCUT2D eigenvalue weighted by Gasteiger charge is -2.18. The van der Waals surface area contributed by atoms with Gasteiger partial charge in [0.2, 0.25) is 0 Å². The largest absolute Gasteiger partial charge is 0.497 e. The van der Waals surface area contributed by atoms with Gasteiger partial charge in [-0.1, -0.05) is 0 Å². The maximum absolute atomic E-state index is 12.7. The first-order valence-corrected chi connectivity index (χ1v) is 10.8. The zero-order valence-corrected chi connectivity index (χ0v) is 19.1. The number of aryl methyl sites for hydroxylation is 1. The molecule has 0 fully saturated rings. The van der Waals surface area contributed by atoms with Gasteiger partial charge in [0.25, 0.3) is 5.91 Å². The van der Waals surface area contributed by atoms with E-state index in [1.54, 1.807) is 25.3 Å². The number of nitrogens with two attached hydrogens (primary N) is 1. The maximum Gasteiger partial charge on any atom is 0.253 e. The van der Waals surface area contributed by atoms with Crippen LogP contribution in [0, 0.1) is 6.92 Å². The van der Waals surface area contributed by atoms with Crippen molar-refractivity contribution in [1.29, 1.82) is 0 Å². The third-order valence-corrected chi connectivity index (χ3v) is 5.58. The number of methoxy groups -OCH3 is 1. The summed E-state index contributed by atoms with van der Waals surface area (Å²) in [4.78, 5) is 23.5. The van der Waals surface area contributed by atoms with E-state index in [2.05, 4.69) is 15.3 Å². The molecule has 8 nitrogen and oxygen atoms in total. The van der Waals surface area contributed by atoms with E-state index in [0.717, 1.165) is 34.7 Å². The fraction of sp³-hybridized carbons (Fsp3) is 0.240. The highest BCUT2D eigenvalue weighted by Gasteiger charge is 2.15. The molecule has 2 aromatic carbocycles. The molecule has 0 unspecified atom stereocenters. The van der Waals surface area contributed by atoms with Gasteiger partial charge in [0.1, 0.15) is 5.75 Å². The van der Waals surface area contributed by atoms with Gasteiger partial charge in [0.05, 0.1) is 19.0 Å². The Bertz CT molecular complexity index is 1270. The molecule has 1 amide bonds. The summed E-state index contributed by atoms with van der Waals surface area (Å²) in [5.41, 5.74) is 10.7. The van der Waals surface area contributed by atoms with Crippen LogP contribution in [-0.4, -0.2) is 52.4 Å². The van der Waals surface area contributed by atoms with Crippen LogP contribution in [0.5, 0.6) is 5.75 Å². The SMILES string of the molecule is COc1ccc(-c2cnc3c(Nc4ccc(C(=O)N(C)CCCN)c(C)c4)nccn23)cc1. The second-order valence-corrected chi connectivity index (χ2v) is 7.87. The molecule has 0 aliphatic carbocycles. The van der Waals surface area contributed by atoms with Gasteiger partial charge in [-0.15, -0.1) is 0 Å². The average molecular weight is 445 g/mol. The quantitative estimate of drug-likeness (QED) is 0.428. The van der Waals surface area contributed by atoms with Crippen LogP contribution in [0.1, 0.15) is 22.3 Å². The van der Waals surface area contributed by atoms with Gasteiger partial charge < -0.3 is 20.7 Å². The van der Waals surface area contributed by atoms with Crippen molar-refractivity contribution in [2.75, 3.05) is 32.6 Å². The van der Waals surface area contributed by atoms with Crippen LogP contribution in [0.15, 0.2) is 61.1 Å². The maximum atomic E-state index is 12.7. The highest BCUT2D eigenvalue weighted by atomic mass is 16.5. The van der Waals surface area contributed by atoms with Crippen molar-refractivity contribution >= 4 is 23.1 Å². The Labute approximate surface area is 193 Å². The number of carbonyl (C=O) groups excluding carboxylic acids is 1. The number of imidazole rings is 1. The van der Waals surface area contributed by atoms with Gasteiger partial charge in [0, 0.05) is 42.8 Å². The Hall–Kier alpha value is -3.91. The van der Waals surface area contributed by atoms with Crippen LogP contribution in [-0.2, 0) is 0 Å². The molecule has 2 aromatic heterocycles. The number of ether oxygens (including phenoxy) is 1. The van der Waals surface area contributed by atoms with Crippen LogP contribution >= 0.6 is 0 Å². The van der Waals surface area contributed by atoms with Crippen molar-refractivity contribution in [2.45, 2.75) is 13.3 Å². The fourth-order valence-corrected chi connectivity index (χ4v) is 3.74. The summed E-state index contributed by atoms with van der Waals surface area (Å²) < 4.78 is 7.25. The minimum Gasteiger partial charge on any atom is -0.497 e. The van der Waals surface area contributed by atoms with E-state index >= 15 is 0 Å². The molecule has 8 heteroatoms. The van der Waals surface area contributed by atoms with Gasteiger partial charge in [-0.2, -0.15) is 0 Å². The topological polar surface area (TPSA) is 97.8 Å². The van der Waals surface area contributed by atoms with Crippen molar-refractivity contribution in [3.63, 3.8) is 0 Å². The van der Waals surface area contributed by atoms with Crippen molar-refractivity contribution in [3.8, 4) is 17.0 Å². The summed E-state index contributed by atoms with van der Waals surface area (Å²) in [5, 5.41) is 3.34. The zero-order valence-electron chi connectivity index (χ0n) is 19.1. The molecule has 4 rings (SSSR count). The molecule has 0 aliphatic heterocycles. The number of carbonyl (C=O) groups is 1. The molecule has 0 saturated carbocycles. The molecule has 0 atom stereocenters. The Morgan fingerprint density at radius 2 is 1.97 bits per heavy atom. The number of hydrogen-bond donors (Lipinski definition) is 2. The molecule has 170 valence electrons. The third kappa shape index (κ3) is 4.65. The highest BCUT2D eigenvalue weighted by molar-refractivity contribution is 5.96. The molecule has 0 aliphatic rings. The minimum atomic E-state index is -0.00915. The van der Waals surface area contributed by atoms with E-state index in [9.17, 15) is 4.79 Å². The summed E-state index contributed by atoms with van der Waals surface area (Å²) in [6.07, 6.45) is 6.23. The predicted octanol–water partition coefficient (Wildman–Crippen LogP) is 3.88. The first-order chi connectivity index (χ1) is 16.0. The summed E-state index contributed by atoms with van der Waals surface area (Å²) in [6.45, 7) is 3.13. The lowest BCUT2D eigenvalue weighted by atomic mass is 10.1. The number of nitrogens with one attached hydrogen (secondary N) is 1. The molecule has 4 aromatic rings. The van der Waals surface area contributed by atoms with Gasteiger partial charge in [-0.25, -0.2) is 9.97 Å². The Balaban J connectivity index is 1.58. The summed E-state index contributed by atoms with van der Waals surface area (Å²) in [5.74, 6) is 1.43. The molecule has 33 heavy (non-hydrogen) atoms. The number of nitrogens with zero attached hydrogens (tertiary/aromatic N) is 4. The number of anilines is 2. The second kappa shape index (κ2) is 9.70. The predicted molar refractivity (Wildman–Crippen MR) is 130 cm³/mol. The molecule has 0 radical (unpaired) electrons. The van der Waals surface area contributed by atoms with E-state index in [4.69, 9.17) is 10.5 Å². The van der Waals surface area contributed by atoms with Gasteiger partial charge >= 0.3 is 0 Å². The van der Waals surface area contributed by atoms with E-state index < -0.39 is 0 Å². The Morgan fingerprint density at radius 1 is 1.18 bits per heavy atom. The van der Waals surface area contributed by atoms with Gasteiger partial charge in [-0.3, -0.25) is 9.20 Å². The molecule has 0 saturated heterocycles. The fourth-order valence-electron chi connectivity index (χ4n) is 3.74. The molecule has 0 spiro atoms. The number of amides is 1. The van der Waals surface area contributed by atoms with Crippen molar-refractivity contribution in [2.24, 2.45) is 5.73 Å².